The molecule has 1 heterocycles. The van der Waals surface area contributed by atoms with Crippen molar-refractivity contribution in [3.63, 3.8) is 0 Å². The highest BCUT2D eigenvalue weighted by atomic mass is 35.5. The number of halogens is 2. The quantitative estimate of drug-likeness (QED) is 0.881. The molecule has 0 bridgehead atoms. The lowest BCUT2D eigenvalue weighted by Crippen LogP contribution is -2.42. The number of aliphatic hydroxyl groups is 1. The van der Waals surface area contributed by atoms with Crippen LogP contribution in [0.2, 0.25) is 5.02 Å². The van der Waals surface area contributed by atoms with Gasteiger partial charge in [0.25, 0.3) is 0 Å². The Morgan fingerprint density at radius 1 is 1.53 bits per heavy atom. The van der Waals surface area contributed by atoms with Crippen LogP contribution in [0.25, 0.3) is 0 Å². The largest absolute Gasteiger partial charge is 0.392 e. The van der Waals surface area contributed by atoms with Gasteiger partial charge in [-0.3, -0.25) is 4.90 Å². The Labute approximate surface area is 106 Å². The van der Waals surface area contributed by atoms with Crippen molar-refractivity contribution >= 4 is 11.6 Å². The van der Waals surface area contributed by atoms with Crippen molar-refractivity contribution in [2.75, 3.05) is 13.1 Å². The molecule has 1 saturated heterocycles. The molecule has 2 unspecified atom stereocenters. The first-order chi connectivity index (χ1) is 8.06. The van der Waals surface area contributed by atoms with Crippen molar-refractivity contribution in [1.82, 2.24) is 4.90 Å². The number of hydrogen-bond donors (Lipinski definition) is 1. The van der Waals surface area contributed by atoms with Crippen molar-refractivity contribution in [2.24, 2.45) is 5.92 Å². The summed E-state index contributed by atoms with van der Waals surface area (Å²) in [4.78, 5) is 2.16. The lowest BCUT2D eigenvalue weighted by Gasteiger charge is -2.34. The SMILES string of the molecule is CC1CCN(Cc2ccc(F)cc2Cl)CC1O. The Hall–Kier alpha value is -0.640. The van der Waals surface area contributed by atoms with E-state index in [-0.39, 0.29) is 11.9 Å². The minimum atomic E-state index is -0.314. The van der Waals surface area contributed by atoms with E-state index in [4.69, 9.17) is 11.6 Å². The number of piperidine rings is 1. The number of nitrogens with zero attached hydrogens (tertiary/aromatic N) is 1. The van der Waals surface area contributed by atoms with Crippen LogP contribution in [0.3, 0.4) is 0 Å². The van der Waals surface area contributed by atoms with Gasteiger partial charge in [0.2, 0.25) is 0 Å². The molecule has 4 heteroatoms. The molecular weight excluding hydrogens is 241 g/mol. The maximum atomic E-state index is 12.9. The van der Waals surface area contributed by atoms with Crippen molar-refractivity contribution in [3.8, 4) is 0 Å². The Morgan fingerprint density at radius 2 is 2.29 bits per heavy atom. The van der Waals surface area contributed by atoms with E-state index in [1.54, 1.807) is 6.07 Å². The summed E-state index contributed by atoms with van der Waals surface area (Å²) in [6.07, 6.45) is 0.711. The zero-order valence-corrected chi connectivity index (χ0v) is 10.6. The average Bonchev–Trinajstić information content (AvgIpc) is 2.27. The molecule has 1 aliphatic rings. The van der Waals surface area contributed by atoms with Gasteiger partial charge in [0.1, 0.15) is 5.82 Å². The van der Waals surface area contributed by atoms with Crippen LogP contribution in [0.5, 0.6) is 0 Å². The van der Waals surface area contributed by atoms with E-state index < -0.39 is 0 Å². The molecule has 0 saturated carbocycles. The predicted molar refractivity (Wildman–Crippen MR) is 66.5 cm³/mol. The molecule has 0 aliphatic carbocycles. The van der Waals surface area contributed by atoms with Gasteiger partial charge in [-0.2, -0.15) is 0 Å². The summed E-state index contributed by atoms with van der Waals surface area (Å²) >= 11 is 5.98. The highest BCUT2D eigenvalue weighted by Gasteiger charge is 2.24. The normalized spacial score (nSPS) is 26.1. The van der Waals surface area contributed by atoms with Crippen LogP contribution in [-0.2, 0) is 6.54 Å². The standard InChI is InChI=1S/C13H17ClFNO/c1-9-4-5-16(8-13(9)17)7-10-2-3-11(15)6-12(10)14/h2-3,6,9,13,17H,4-5,7-8H2,1H3. The van der Waals surface area contributed by atoms with E-state index in [0.717, 1.165) is 18.5 Å². The van der Waals surface area contributed by atoms with Crippen LogP contribution >= 0.6 is 11.6 Å². The summed E-state index contributed by atoms with van der Waals surface area (Å²) in [5.41, 5.74) is 0.912. The fourth-order valence-electron chi connectivity index (χ4n) is 2.15. The van der Waals surface area contributed by atoms with E-state index in [1.165, 1.54) is 12.1 Å². The molecule has 2 rings (SSSR count). The van der Waals surface area contributed by atoms with Gasteiger partial charge in [-0.15, -0.1) is 0 Å². The molecule has 0 aromatic heterocycles. The average molecular weight is 258 g/mol. The van der Waals surface area contributed by atoms with Crippen LogP contribution in [-0.4, -0.2) is 29.2 Å². The lowest BCUT2D eigenvalue weighted by atomic mass is 9.96. The zero-order chi connectivity index (χ0) is 12.4. The second kappa shape index (κ2) is 5.34. The Kier molecular flexibility index (Phi) is 4.02. The van der Waals surface area contributed by atoms with Gasteiger partial charge in [0.05, 0.1) is 6.10 Å². The van der Waals surface area contributed by atoms with Gasteiger partial charge in [-0.05, 0) is 36.6 Å². The van der Waals surface area contributed by atoms with Gasteiger partial charge in [-0.25, -0.2) is 4.39 Å². The number of likely N-dealkylation sites (tertiary alicyclic amines) is 1. The highest BCUT2D eigenvalue weighted by molar-refractivity contribution is 6.31. The second-order valence-corrected chi connectivity index (χ2v) is 5.21. The number of aliphatic hydroxyl groups excluding tert-OH is 1. The van der Waals surface area contributed by atoms with Crippen molar-refractivity contribution in [1.29, 1.82) is 0 Å². The van der Waals surface area contributed by atoms with E-state index in [0.29, 0.717) is 24.0 Å². The number of rotatable bonds is 2. The molecule has 0 radical (unpaired) electrons. The van der Waals surface area contributed by atoms with Gasteiger partial charge in [-0.1, -0.05) is 24.6 Å². The van der Waals surface area contributed by atoms with Gasteiger partial charge in [0, 0.05) is 18.1 Å². The summed E-state index contributed by atoms with van der Waals surface area (Å²) in [6.45, 7) is 4.34. The fourth-order valence-corrected chi connectivity index (χ4v) is 2.38. The van der Waals surface area contributed by atoms with Crippen LogP contribution in [0.15, 0.2) is 18.2 Å². The summed E-state index contributed by atoms with van der Waals surface area (Å²) in [7, 11) is 0. The molecule has 17 heavy (non-hydrogen) atoms. The minimum Gasteiger partial charge on any atom is -0.392 e. The monoisotopic (exact) mass is 257 g/mol. The van der Waals surface area contributed by atoms with Crippen molar-refractivity contribution in [3.05, 3.63) is 34.6 Å². The summed E-state index contributed by atoms with van der Waals surface area (Å²) in [5, 5.41) is 10.3. The van der Waals surface area contributed by atoms with E-state index in [2.05, 4.69) is 11.8 Å². The molecule has 1 fully saturated rings. The Balaban J connectivity index is 2.01. The highest BCUT2D eigenvalue weighted by Crippen LogP contribution is 2.22. The molecule has 2 atom stereocenters. The van der Waals surface area contributed by atoms with Gasteiger partial charge >= 0.3 is 0 Å². The first kappa shape index (κ1) is 12.8. The molecule has 1 aromatic carbocycles. The third kappa shape index (κ3) is 3.18. The number of β-amino-alcohol motifs (C(OH)–C–C–N with tert-alkyl or cyclic N) is 1. The molecule has 2 nitrogen and oxygen atoms in total. The number of benzene rings is 1. The first-order valence-electron chi connectivity index (χ1n) is 5.90. The smallest absolute Gasteiger partial charge is 0.124 e. The topological polar surface area (TPSA) is 23.5 Å². The van der Waals surface area contributed by atoms with Crippen LogP contribution in [0.4, 0.5) is 4.39 Å². The first-order valence-corrected chi connectivity index (χ1v) is 6.28. The molecule has 1 N–H and O–H groups in total. The minimum absolute atomic E-state index is 0.275. The molecule has 94 valence electrons. The summed E-state index contributed by atoms with van der Waals surface area (Å²) in [6, 6.07) is 4.46. The number of hydrogen-bond acceptors (Lipinski definition) is 2. The summed E-state index contributed by atoms with van der Waals surface area (Å²) < 4.78 is 12.9. The third-order valence-corrected chi connectivity index (χ3v) is 3.76. The molecule has 1 aromatic rings. The van der Waals surface area contributed by atoms with Crippen LogP contribution in [0.1, 0.15) is 18.9 Å². The zero-order valence-electron chi connectivity index (χ0n) is 9.87. The predicted octanol–water partition coefficient (Wildman–Crippen LogP) is 2.68. The fraction of sp³-hybridized carbons (Fsp3) is 0.538. The second-order valence-electron chi connectivity index (χ2n) is 4.80. The Bertz CT molecular complexity index is 399. The summed E-state index contributed by atoms with van der Waals surface area (Å²) in [5.74, 6) is 0.0426. The van der Waals surface area contributed by atoms with E-state index in [1.807, 2.05) is 0 Å². The van der Waals surface area contributed by atoms with Gasteiger partial charge in [0.15, 0.2) is 0 Å². The van der Waals surface area contributed by atoms with Crippen molar-refractivity contribution in [2.45, 2.75) is 26.0 Å². The lowest BCUT2D eigenvalue weighted by molar-refractivity contribution is 0.0259. The van der Waals surface area contributed by atoms with Crippen molar-refractivity contribution < 1.29 is 9.50 Å². The molecular formula is C13H17ClFNO. The molecule has 0 spiro atoms. The third-order valence-electron chi connectivity index (χ3n) is 3.41. The maximum absolute atomic E-state index is 12.9. The molecule has 0 amide bonds. The maximum Gasteiger partial charge on any atom is 0.124 e. The van der Waals surface area contributed by atoms with Crippen LogP contribution < -0.4 is 0 Å². The van der Waals surface area contributed by atoms with Crippen LogP contribution in [0, 0.1) is 11.7 Å². The van der Waals surface area contributed by atoms with E-state index in [9.17, 15) is 9.50 Å². The molecule has 1 aliphatic heterocycles. The Morgan fingerprint density at radius 3 is 2.94 bits per heavy atom. The van der Waals surface area contributed by atoms with Gasteiger partial charge < -0.3 is 5.11 Å². The van der Waals surface area contributed by atoms with E-state index >= 15 is 0 Å².